The van der Waals surface area contributed by atoms with E-state index >= 15 is 0 Å². The maximum atomic E-state index is 12.0. The van der Waals surface area contributed by atoms with E-state index in [-0.39, 0.29) is 11.5 Å². The van der Waals surface area contributed by atoms with Gasteiger partial charge in [-0.3, -0.25) is 19.7 Å². The number of aromatic amines is 1. The number of aliphatic imine (C=N–C) groups is 1. The van der Waals surface area contributed by atoms with E-state index in [2.05, 4.69) is 25.8 Å². The molecule has 8 nitrogen and oxygen atoms in total. The lowest BCUT2D eigenvalue weighted by molar-refractivity contribution is 0.0616. The van der Waals surface area contributed by atoms with Gasteiger partial charge >= 0.3 is 0 Å². The van der Waals surface area contributed by atoms with Crippen LogP contribution in [0.4, 0.5) is 0 Å². The smallest absolute Gasteiger partial charge is 0.213 e. The fourth-order valence-corrected chi connectivity index (χ4v) is 1.99. The molecule has 0 amide bonds. The van der Waals surface area contributed by atoms with Crippen LogP contribution in [-0.4, -0.2) is 38.3 Å². The second-order valence-electron chi connectivity index (χ2n) is 4.37. The third-order valence-electron chi connectivity index (χ3n) is 3.08. The second-order valence-corrected chi connectivity index (χ2v) is 4.37. The highest BCUT2D eigenvalue weighted by Gasteiger charge is 2.21. The van der Waals surface area contributed by atoms with E-state index in [0.717, 1.165) is 6.42 Å². The third-order valence-corrected chi connectivity index (χ3v) is 3.08. The largest absolute Gasteiger partial charge is 0.287 e. The molecular formula is C11H14N6O2. The number of aryl methyl sites for hydroxylation is 1. The number of nitrogens with zero attached hydrogens (tertiary/aromatic N) is 4. The molecule has 3 heterocycles. The molecule has 8 heteroatoms. The van der Waals surface area contributed by atoms with Crippen LogP contribution in [0.15, 0.2) is 16.0 Å². The zero-order chi connectivity index (χ0) is 13.4. The minimum absolute atomic E-state index is 0.0490. The molecule has 1 unspecified atom stereocenters. The summed E-state index contributed by atoms with van der Waals surface area (Å²) < 4.78 is 1.57. The number of hydrogen-bond donors (Lipinski definition) is 2. The van der Waals surface area contributed by atoms with Gasteiger partial charge in [0, 0.05) is 0 Å². The summed E-state index contributed by atoms with van der Waals surface area (Å²) in [4.78, 5) is 21.8. The molecule has 0 fully saturated rings. The second kappa shape index (κ2) is 4.47. The molecule has 1 aliphatic heterocycles. The van der Waals surface area contributed by atoms with Crippen molar-refractivity contribution in [3.8, 4) is 0 Å². The number of amidine groups is 1. The number of aromatic nitrogens is 4. The Labute approximate surface area is 108 Å². The molecule has 0 radical (unpaired) electrons. The Hall–Kier alpha value is -2.22. The average molecular weight is 262 g/mol. The van der Waals surface area contributed by atoms with Crippen LogP contribution in [0.2, 0.25) is 0 Å². The molecule has 100 valence electrons. The van der Waals surface area contributed by atoms with Crippen molar-refractivity contribution in [1.29, 1.82) is 0 Å². The van der Waals surface area contributed by atoms with Crippen molar-refractivity contribution >= 4 is 11.5 Å². The molecule has 0 aromatic carbocycles. The fourth-order valence-electron chi connectivity index (χ4n) is 1.99. The molecule has 0 saturated carbocycles. The van der Waals surface area contributed by atoms with Crippen molar-refractivity contribution in [3.63, 3.8) is 0 Å². The molecule has 1 aliphatic rings. The number of fused-ring (bicyclic) bond motifs is 1. The number of hydroxylamine groups is 1. The van der Waals surface area contributed by atoms with Gasteiger partial charge in [-0.15, -0.1) is 0 Å². The number of rotatable bonds is 2. The molecule has 2 aromatic heterocycles. The monoisotopic (exact) mass is 262 g/mol. The van der Waals surface area contributed by atoms with Crippen LogP contribution in [0, 0.1) is 6.92 Å². The number of nitrogens with one attached hydrogen (secondary N) is 2. The predicted octanol–water partition coefficient (Wildman–Crippen LogP) is -0.214. The van der Waals surface area contributed by atoms with E-state index in [4.69, 9.17) is 4.84 Å². The summed E-state index contributed by atoms with van der Waals surface area (Å²) in [6.45, 7) is 4.32. The highest BCUT2D eigenvalue weighted by molar-refractivity contribution is 6.03. The van der Waals surface area contributed by atoms with Gasteiger partial charge in [-0.2, -0.15) is 14.7 Å². The first-order valence-corrected chi connectivity index (χ1v) is 6.09. The topological polar surface area (TPSA) is 96.7 Å². The molecule has 0 aliphatic carbocycles. The zero-order valence-electron chi connectivity index (χ0n) is 10.7. The van der Waals surface area contributed by atoms with Crippen molar-refractivity contribution in [2.75, 3.05) is 6.61 Å². The van der Waals surface area contributed by atoms with E-state index < -0.39 is 0 Å². The van der Waals surface area contributed by atoms with Gasteiger partial charge in [-0.05, 0) is 13.3 Å². The average Bonchev–Trinajstić information content (AvgIpc) is 2.80. The Bertz CT molecular complexity index is 701. The van der Waals surface area contributed by atoms with Crippen LogP contribution in [0.3, 0.4) is 0 Å². The van der Waals surface area contributed by atoms with Crippen LogP contribution in [0.25, 0.3) is 5.65 Å². The summed E-state index contributed by atoms with van der Waals surface area (Å²) in [7, 11) is 0. The van der Waals surface area contributed by atoms with Gasteiger partial charge in [0.2, 0.25) is 5.43 Å². The Kier molecular flexibility index (Phi) is 2.79. The van der Waals surface area contributed by atoms with Gasteiger partial charge in [0.05, 0.1) is 18.8 Å². The summed E-state index contributed by atoms with van der Waals surface area (Å²) in [5, 5.41) is 10.9. The zero-order valence-corrected chi connectivity index (χ0v) is 10.7. The minimum atomic E-state index is -0.227. The molecule has 19 heavy (non-hydrogen) atoms. The van der Waals surface area contributed by atoms with E-state index in [1.807, 2.05) is 6.92 Å². The normalized spacial score (nSPS) is 19.3. The quantitative estimate of drug-likeness (QED) is 0.780. The lowest BCUT2D eigenvalue weighted by Gasteiger charge is -2.20. The molecule has 0 spiro atoms. The van der Waals surface area contributed by atoms with Gasteiger partial charge in [0.25, 0.3) is 0 Å². The standard InChI is InChI=1S/C11H14N6O2/c1-3-7-5-19-16-10(13-7)9-8(18)4-12-17-6(2)14-15-11(9)17/h4,7,15H,3,5H2,1-2H3,(H,13,16). The SMILES string of the molecule is CCC1CONC(c2c(=O)cnn3c(C)n[nH]c23)=N1. The van der Waals surface area contributed by atoms with Crippen LogP contribution < -0.4 is 10.9 Å². The lowest BCUT2D eigenvalue weighted by atomic mass is 10.2. The Morgan fingerprint density at radius 2 is 2.42 bits per heavy atom. The van der Waals surface area contributed by atoms with Crippen molar-refractivity contribution < 1.29 is 4.84 Å². The van der Waals surface area contributed by atoms with Crippen molar-refractivity contribution in [2.45, 2.75) is 26.3 Å². The summed E-state index contributed by atoms with van der Waals surface area (Å²) in [6.07, 6.45) is 2.10. The Morgan fingerprint density at radius 1 is 1.58 bits per heavy atom. The summed E-state index contributed by atoms with van der Waals surface area (Å²) in [6, 6.07) is 0.0490. The van der Waals surface area contributed by atoms with Crippen molar-refractivity contribution in [1.82, 2.24) is 25.3 Å². The molecular weight excluding hydrogens is 248 g/mol. The summed E-state index contributed by atoms with van der Waals surface area (Å²) in [5.41, 5.74) is 3.38. The third kappa shape index (κ3) is 1.89. The first-order valence-electron chi connectivity index (χ1n) is 6.09. The van der Waals surface area contributed by atoms with E-state index in [1.165, 1.54) is 6.20 Å². The fraction of sp³-hybridized carbons (Fsp3) is 0.455. The Morgan fingerprint density at radius 3 is 3.21 bits per heavy atom. The molecule has 2 N–H and O–H groups in total. The van der Waals surface area contributed by atoms with Crippen molar-refractivity contribution in [3.05, 3.63) is 27.8 Å². The molecule has 0 saturated heterocycles. The highest BCUT2D eigenvalue weighted by Crippen LogP contribution is 2.09. The van der Waals surface area contributed by atoms with Crippen LogP contribution in [-0.2, 0) is 4.84 Å². The predicted molar refractivity (Wildman–Crippen MR) is 68.0 cm³/mol. The number of H-pyrrole nitrogens is 1. The van der Waals surface area contributed by atoms with Crippen LogP contribution in [0.5, 0.6) is 0 Å². The maximum Gasteiger partial charge on any atom is 0.213 e. The molecule has 0 bridgehead atoms. The summed E-state index contributed by atoms with van der Waals surface area (Å²) >= 11 is 0. The Balaban J connectivity index is 2.22. The maximum absolute atomic E-state index is 12.0. The van der Waals surface area contributed by atoms with E-state index in [1.54, 1.807) is 11.4 Å². The van der Waals surface area contributed by atoms with Gasteiger partial charge < -0.3 is 0 Å². The molecule has 1 atom stereocenters. The highest BCUT2D eigenvalue weighted by atomic mass is 16.6. The van der Waals surface area contributed by atoms with Gasteiger partial charge in [0.15, 0.2) is 11.5 Å². The van der Waals surface area contributed by atoms with Gasteiger partial charge in [0.1, 0.15) is 11.4 Å². The summed E-state index contributed by atoms with van der Waals surface area (Å²) in [5.74, 6) is 1.09. The minimum Gasteiger partial charge on any atom is -0.287 e. The van der Waals surface area contributed by atoms with Crippen LogP contribution >= 0.6 is 0 Å². The molecule has 2 aromatic rings. The van der Waals surface area contributed by atoms with Crippen LogP contribution in [0.1, 0.15) is 24.7 Å². The lowest BCUT2D eigenvalue weighted by Crippen LogP contribution is -2.38. The number of hydrogen-bond acceptors (Lipinski definition) is 6. The molecule has 3 rings (SSSR count). The van der Waals surface area contributed by atoms with Gasteiger partial charge in [-0.25, -0.2) is 5.48 Å². The van der Waals surface area contributed by atoms with Gasteiger partial charge in [-0.1, -0.05) is 6.92 Å². The van der Waals surface area contributed by atoms with Crippen molar-refractivity contribution in [2.24, 2.45) is 4.99 Å². The first kappa shape index (κ1) is 11.8. The van der Waals surface area contributed by atoms with E-state index in [0.29, 0.717) is 29.5 Å². The van der Waals surface area contributed by atoms with E-state index in [9.17, 15) is 4.79 Å². The first-order chi connectivity index (χ1) is 9.20.